The van der Waals surface area contributed by atoms with Crippen molar-refractivity contribution >= 4 is 45.8 Å². The third kappa shape index (κ3) is 6.80. The molecule has 0 N–H and O–H groups in total. The molecule has 2 aromatic carbocycles. The van der Waals surface area contributed by atoms with Crippen LogP contribution in [0.25, 0.3) is 10.2 Å². The van der Waals surface area contributed by atoms with Gasteiger partial charge in [0, 0.05) is 11.6 Å². The number of nitrogens with zero attached hydrogens (tertiary/aromatic N) is 2. The van der Waals surface area contributed by atoms with Gasteiger partial charge >= 0.3 is 0 Å². The molecular weight excluding hydrogens is 384 g/mol. The van der Waals surface area contributed by atoms with Crippen LogP contribution < -0.4 is 4.74 Å². The summed E-state index contributed by atoms with van der Waals surface area (Å²) in [6, 6.07) is 13.7. The summed E-state index contributed by atoms with van der Waals surface area (Å²) in [7, 11) is 0. The molecule has 0 aliphatic carbocycles. The molecule has 0 amide bonds. The van der Waals surface area contributed by atoms with E-state index in [0.717, 1.165) is 51.6 Å². The van der Waals surface area contributed by atoms with Crippen molar-refractivity contribution in [1.29, 1.82) is 0 Å². The van der Waals surface area contributed by atoms with Crippen molar-refractivity contribution in [2.45, 2.75) is 25.1 Å². The third-order valence-corrected chi connectivity index (χ3v) is 5.38. The molecule has 0 saturated carbocycles. The molecule has 3 rings (SSSR count). The fourth-order valence-corrected chi connectivity index (χ4v) is 3.61. The monoisotopic (exact) mass is 408 g/mol. The number of thiol groups is 1. The van der Waals surface area contributed by atoms with E-state index in [9.17, 15) is 0 Å². The summed E-state index contributed by atoms with van der Waals surface area (Å²) in [5.74, 6) is 0.909. The van der Waals surface area contributed by atoms with Gasteiger partial charge in [-0.2, -0.15) is 0 Å². The zero-order chi connectivity index (χ0) is 18.9. The molecule has 26 heavy (non-hydrogen) atoms. The highest BCUT2D eigenvalue weighted by Gasteiger charge is 2.04. The summed E-state index contributed by atoms with van der Waals surface area (Å²) in [5, 5.41) is 0.801. The van der Waals surface area contributed by atoms with Crippen LogP contribution in [0.5, 0.6) is 5.75 Å². The van der Waals surface area contributed by atoms with E-state index < -0.39 is 0 Å². The first kappa shape index (κ1) is 21.0. The van der Waals surface area contributed by atoms with Crippen molar-refractivity contribution in [1.82, 2.24) is 9.88 Å². The Kier molecular flexibility index (Phi) is 8.72. The van der Waals surface area contributed by atoms with E-state index in [-0.39, 0.29) is 0 Å². The molecule has 3 nitrogen and oxygen atoms in total. The first-order valence-electron chi connectivity index (χ1n) is 8.68. The van der Waals surface area contributed by atoms with Crippen LogP contribution in [-0.2, 0) is 0 Å². The number of benzene rings is 2. The number of rotatable bonds is 6. The third-order valence-electron chi connectivity index (χ3n) is 3.93. The Morgan fingerprint density at radius 3 is 2.42 bits per heavy atom. The molecule has 0 aliphatic heterocycles. The smallest absolute Gasteiger partial charge is 0.148 e. The lowest BCUT2D eigenvalue weighted by molar-refractivity contribution is 0.223. The second-order valence-corrected chi connectivity index (χ2v) is 7.99. The zero-order valence-electron chi connectivity index (χ0n) is 15.4. The van der Waals surface area contributed by atoms with E-state index in [4.69, 9.17) is 16.3 Å². The molecule has 3 aromatic rings. The van der Waals surface area contributed by atoms with Crippen LogP contribution in [0.15, 0.2) is 46.8 Å². The maximum absolute atomic E-state index is 5.77. The number of ether oxygens (including phenoxy) is 1. The lowest BCUT2D eigenvalue weighted by Crippen LogP contribution is -2.27. The summed E-state index contributed by atoms with van der Waals surface area (Å²) in [6.07, 6.45) is 0. The van der Waals surface area contributed by atoms with Crippen LogP contribution in [0.4, 0.5) is 0 Å². The number of hydrogen-bond donors (Lipinski definition) is 1. The first-order chi connectivity index (χ1) is 12.5. The minimum atomic E-state index is 0.722. The van der Waals surface area contributed by atoms with Crippen LogP contribution in [-0.4, -0.2) is 36.1 Å². The van der Waals surface area contributed by atoms with Crippen molar-refractivity contribution in [3.8, 4) is 5.75 Å². The Labute approximate surface area is 170 Å². The van der Waals surface area contributed by atoms with Gasteiger partial charge in [0.05, 0.1) is 10.2 Å². The van der Waals surface area contributed by atoms with Gasteiger partial charge in [0.1, 0.15) is 16.7 Å². The van der Waals surface area contributed by atoms with Gasteiger partial charge in [-0.15, -0.1) is 24.0 Å². The van der Waals surface area contributed by atoms with Crippen molar-refractivity contribution in [3.63, 3.8) is 0 Å². The Bertz CT molecular complexity index is 780. The first-order valence-corrected chi connectivity index (χ1v) is 10.3. The second kappa shape index (κ2) is 10.8. The van der Waals surface area contributed by atoms with Gasteiger partial charge in [-0.05, 0) is 50.3 Å². The molecule has 0 unspecified atom stereocenters. The van der Waals surface area contributed by atoms with Crippen molar-refractivity contribution in [2.24, 2.45) is 0 Å². The molecular formula is C20H25ClN2OS2. The van der Waals surface area contributed by atoms with Gasteiger partial charge in [-0.25, -0.2) is 4.98 Å². The van der Waals surface area contributed by atoms with Gasteiger partial charge in [0.15, 0.2) is 0 Å². The summed E-state index contributed by atoms with van der Waals surface area (Å²) in [6.45, 7) is 10.2. The fraction of sp³-hybridized carbons (Fsp3) is 0.350. The summed E-state index contributed by atoms with van der Waals surface area (Å²) >= 11 is 11.4. The van der Waals surface area contributed by atoms with Gasteiger partial charge < -0.3 is 9.64 Å². The number of aromatic nitrogens is 1. The van der Waals surface area contributed by atoms with Gasteiger partial charge in [-0.1, -0.05) is 43.1 Å². The molecule has 0 saturated heterocycles. The number of halogens is 1. The van der Waals surface area contributed by atoms with Crippen LogP contribution >= 0.6 is 35.6 Å². The predicted octanol–water partition coefficient (Wildman–Crippen LogP) is 5.95. The Hall–Kier alpha value is -1.27. The minimum absolute atomic E-state index is 0.722. The molecule has 0 fully saturated rings. The van der Waals surface area contributed by atoms with Crippen LogP contribution in [0.3, 0.4) is 0 Å². The Morgan fingerprint density at radius 2 is 1.81 bits per heavy atom. The molecule has 0 spiro atoms. The SMILES string of the molecule is CCN(CC)CCOc1ccc2nc(S)sc2c1.Cc1ccc(Cl)cc1. The second-order valence-electron chi connectivity index (χ2n) is 5.80. The van der Waals surface area contributed by atoms with Crippen LogP contribution in [0.1, 0.15) is 19.4 Å². The number of thiazole rings is 1. The van der Waals surface area contributed by atoms with Gasteiger partial charge in [0.2, 0.25) is 0 Å². The van der Waals surface area contributed by atoms with E-state index in [1.165, 1.54) is 5.56 Å². The van der Waals surface area contributed by atoms with Crippen LogP contribution in [0, 0.1) is 6.92 Å². The quantitative estimate of drug-likeness (QED) is 0.510. The Morgan fingerprint density at radius 1 is 1.12 bits per heavy atom. The lowest BCUT2D eigenvalue weighted by Gasteiger charge is -2.17. The van der Waals surface area contributed by atoms with E-state index in [1.54, 1.807) is 11.3 Å². The highest BCUT2D eigenvalue weighted by molar-refractivity contribution is 7.82. The summed E-state index contributed by atoms with van der Waals surface area (Å²) in [4.78, 5) is 6.65. The van der Waals surface area contributed by atoms with E-state index in [1.807, 2.05) is 49.4 Å². The molecule has 1 aromatic heterocycles. The maximum Gasteiger partial charge on any atom is 0.148 e. The van der Waals surface area contributed by atoms with Crippen LogP contribution in [0.2, 0.25) is 5.02 Å². The van der Waals surface area contributed by atoms with Crippen molar-refractivity contribution < 1.29 is 4.74 Å². The standard InChI is InChI=1S/C13H18N2OS2.C7H7Cl/c1-3-15(4-2)7-8-16-10-5-6-11-12(9-10)18-13(17)14-11;1-6-2-4-7(8)5-3-6/h5-6,9H,3-4,7-8H2,1-2H3,(H,14,17);2-5H,1H3. The number of hydrogen-bond acceptors (Lipinski definition) is 5. The van der Waals surface area contributed by atoms with Gasteiger partial charge in [0.25, 0.3) is 0 Å². The molecule has 0 radical (unpaired) electrons. The number of fused-ring (bicyclic) bond motifs is 1. The zero-order valence-corrected chi connectivity index (χ0v) is 17.9. The molecule has 0 atom stereocenters. The van der Waals surface area contributed by atoms with E-state index >= 15 is 0 Å². The molecule has 6 heteroatoms. The normalized spacial score (nSPS) is 10.7. The average Bonchev–Trinajstić information content (AvgIpc) is 3.01. The fourth-order valence-electron chi connectivity index (χ4n) is 2.35. The van der Waals surface area contributed by atoms with Crippen molar-refractivity contribution in [2.75, 3.05) is 26.2 Å². The summed E-state index contributed by atoms with van der Waals surface area (Å²) < 4.78 is 7.69. The number of likely N-dealkylation sites (N-methyl/N-ethyl adjacent to an activating group) is 1. The van der Waals surface area contributed by atoms with Crippen molar-refractivity contribution in [3.05, 3.63) is 53.1 Å². The molecule has 0 aliphatic rings. The highest BCUT2D eigenvalue weighted by atomic mass is 35.5. The molecule has 140 valence electrons. The van der Waals surface area contributed by atoms with Gasteiger partial charge in [-0.3, -0.25) is 0 Å². The predicted molar refractivity (Wildman–Crippen MR) is 116 cm³/mol. The molecule has 1 heterocycles. The minimum Gasteiger partial charge on any atom is -0.492 e. The summed E-state index contributed by atoms with van der Waals surface area (Å²) in [5.41, 5.74) is 2.23. The Balaban J connectivity index is 0.000000254. The molecule has 0 bridgehead atoms. The lowest BCUT2D eigenvalue weighted by atomic mass is 10.2. The van der Waals surface area contributed by atoms with E-state index in [2.05, 4.69) is 36.4 Å². The average molecular weight is 409 g/mol. The van der Waals surface area contributed by atoms with E-state index in [0.29, 0.717) is 0 Å². The number of aryl methyl sites for hydroxylation is 1. The topological polar surface area (TPSA) is 25.4 Å². The maximum atomic E-state index is 5.77. The largest absolute Gasteiger partial charge is 0.492 e. The highest BCUT2D eigenvalue weighted by Crippen LogP contribution is 2.27.